The average Bonchev–Trinajstić information content (AvgIpc) is 3.18. The molecule has 2 aromatic heterocycles. The monoisotopic (exact) mass is 612 g/mol. The second kappa shape index (κ2) is 13.2. The van der Waals surface area contributed by atoms with E-state index >= 15 is 0 Å². The van der Waals surface area contributed by atoms with Crippen LogP contribution < -0.4 is 0 Å². The Kier molecular flexibility index (Phi) is 7.96. The summed E-state index contributed by atoms with van der Waals surface area (Å²) >= 11 is 0. The molecule has 8 aromatic rings. The van der Waals surface area contributed by atoms with E-state index < -0.39 is 0 Å². The van der Waals surface area contributed by atoms with Crippen molar-refractivity contribution in [3.8, 4) is 78.1 Å². The molecule has 0 radical (unpaired) electrons. The van der Waals surface area contributed by atoms with Gasteiger partial charge in [-0.3, -0.25) is 9.97 Å². The Morgan fingerprint density at radius 3 is 0.583 bits per heavy atom. The second-order valence-corrected chi connectivity index (χ2v) is 11.7. The molecule has 2 heterocycles. The summed E-state index contributed by atoms with van der Waals surface area (Å²) in [5.41, 5.74) is 15.9. The maximum absolute atomic E-state index is 4.70. The number of benzene rings is 6. The highest BCUT2D eigenvalue weighted by molar-refractivity contribution is 6.00. The van der Waals surface area contributed by atoms with Gasteiger partial charge in [-0.1, -0.05) is 158 Å². The molecule has 0 aliphatic carbocycles. The van der Waals surface area contributed by atoms with Gasteiger partial charge < -0.3 is 0 Å². The van der Waals surface area contributed by atoms with Gasteiger partial charge in [-0.05, 0) is 79.9 Å². The van der Waals surface area contributed by atoms with Crippen LogP contribution in [0.4, 0.5) is 0 Å². The molecule has 0 N–H and O–H groups in total. The third-order valence-corrected chi connectivity index (χ3v) is 8.89. The highest BCUT2D eigenvalue weighted by Crippen LogP contribution is 2.45. The Hall–Kier alpha value is -6.38. The first-order valence-corrected chi connectivity index (χ1v) is 16.3. The van der Waals surface area contributed by atoms with Gasteiger partial charge in [-0.25, -0.2) is 0 Å². The third-order valence-electron chi connectivity index (χ3n) is 8.89. The van der Waals surface area contributed by atoms with Crippen LogP contribution in [0.25, 0.3) is 78.1 Å². The molecule has 48 heavy (non-hydrogen) atoms. The lowest BCUT2D eigenvalue weighted by Gasteiger charge is -2.20. The summed E-state index contributed by atoms with van der Waals surface area (Å²) in [6, 6.07) is 64.3. The molecule has 0 saturated heterocycles. The van der Waals surface area contributed by atoms with Crippen LogP contribution in [0.5, 0.6) is 0 Å². The zero-order chi connectivity index (χ0) is 32.1. The van der Waals surface area contributed by atoms with Gasteiger partial charge in [-0.2, -0.15) is 0 Å². The van der Waals surface area contributed by atoms with E-state index in [9.17, 15) is 0 Å². The Labute approximate surface area is 281 Å². The molecule has 0 bridgehead atoms. The molecule has 0 fully saturated rings. The summed E-state index contributed by atoms with van der Waals surface area (Å²) in [7, 11) is 0. The molecule has 0 aliphatic heterocycles. The van der Waals surface area contributed by atoms with Crippen molar-refractivity contribution < 1.29 is 0 Å². The van der Waals surface area contributed by atoms with Crippen molar-refractivity contribution in [3.05, 3.63) is 194 Å². The standard InChI is InChI=1S/C46H32N2/c1-3-19-35(37-21-5-7-23-39(37)41-25-9-11-27-43(41)45-29-13-15-31-47-45)33(17-1)34-18-2-4-20-36(34)38-22-6-8-24-40(38)42-26-10-12-28-44(42)46-30-14-16-32-48-46/h1-32H. The molecule has 2 nitrogen and oxygen atoms in total. The maximum atomic E-state index is 4.70. The summed E-state index contributed by atoms with van der Waals surface area (Å²) < 4.78 is 0. The molecular formula is C46H32N2. The van der Waals surface area contributed by atoms with E-state index in [1.165, 1.54) is 44.5 Å². The van der Waals surface area contributed by atoms with E-state index in [0.717, 1.165) is 33.6 Å². The van der Waals surface area contributed by atoms with E-state index in [-0.39, 0.29) is 0 Å². The van der Waals surface area contributed by atoms with Gasteiger partial charge in [-0.15, -0.1) is 0 Å². The smallest absolute Gasteiger partial charge is 0.0708 e. The molecule has 6 aromatic carbocycles. The minimum absolute atomic E-state index is 0.962. The van der Waals surface area contributed by atoms with Gasteiger partial charge in [0, 0.05) is 23.5 Å². The molecule has 2 heteroatoms. The summed E-state index contributed by atoms with van der Waals surface area (Å²) in [4.78, 5) is 9.41. The highest BCUT2D eigenvalue weighted by Gasteiger charge is 2.19. The van der Waals surface area contributed by atoms with Crippen LogP contribution >= 0.6 is 0 Å². The minimum atomic E-state index is 0.962. The lowest BCUT2D eigenvalue weighted by molar-refractivity contribution is 1.33. The van der Waals surface area contributed by atoms with Crippen LogP contribution in [-0.4, -0.2) is 9.97 Å². The minimum Gasteiger partial charge on any atom is -0.256 e. The van der Waals surface area contributed by atoms with Crippen LogP contribution in [0.15, 0.2) is 194 Å². The van der Waals surface area contributed by atoms with Crippen molar-refractivity contribution in [1.82, 2.24) is 9.97 Å². The average molecular weight is 613 g/mol. The van der Waals surface area contributed by atoms with Crippen molar-refractivity contribution >= 4 is 0 Å². The summed E-state index contributed by atoms with van der Waals surface area (Å²) in [5.74, 6) is 0. The zero-order valence-corrected chi connectivity index (χ0v) is 26.4. The van der Waals surface area contributed by atoms with Crippen molar-refractivity contribution in [1.29, 1.82) is 0 Å². The van der Waals surface area contributed by atoms with E-state index in [1.54, 1.807) is 0 Å². The Bertz CT molecular complexity index is 2170. The predicted octanol–water partition coefficient (Wildman–Crippen LogP) is 12.1. The first-order chi connectivity index (χ1) is 23.9. The lowest BCUT2D eigenvalue weighted by Crippen LogP contribution is -1.94. The first kappa shape index (κ1) is 29.1. The zero-order valence-electron chi connectivity index (χ0n) is 26.4. The molecular weight excluding hydrogens is 581 g/mol. The number of aromatic nitrogens is 2. The van der Waals surface area contributed by atoms with E-state index in [2.05, 4.69) is 158 Å². The molecule has 0 aliphatic rings. The van der Waals surface area contributed by atoms with Crippen molar-refractivity contribution in [3.63, 3.8) is 0 Å². The molecule has 0 spiro atoms. The number of hydrogen-bond donors (Lipinski definition) is 0. The second-order valence-electron chi connectivity index (χ2n) is 11.7. The van der Waals surface area contributed by atoms with Gasteiger partial charge >= 0.3 is 0 Å². The van der Waals surface area contributed by atoms with Crippen LogP contribution in [0, 0.1) is 0 Å². The third kappa shape index (κ3) is 5.50. The van der Waals surface area contributed by atoms with Crippen LogP contribution in [0.3, 0.4) is 0 Å². The predicted molar refractivity (Wildman–Crippen MR) is 200 cm³/mol. The largest absolute Gasteiger partial charge is 0.256 e. The Morgan fingerprint density at radius 1 is 0.188 bits per heavy atom. The Balaban J connectivity index is 1.31. The summed E-state index contributed by atoms with van der Waals surface area (Å²) in [5, 5.41) is 0. The van der Waals surface area contributed by atoms with Crippen LogP contribution in [0.1, 0.15) is 0 Å². The van der Waals surface area contributed by atoms with Gasteiger partial charge in [0.25, 0.3) is 0 Å². The van der Waals surface area contributed by atoms with Crippen molar-refractivity contribution in [2.45, 2.75) is 0 Å². The SMILES string of the molecule is c1ccc(-c2ccccc2-c2ccccc2-c2ccccc2-c2ccccc2-c2ccccc2-c2ccccc2-c2ccccn2)nc1. The number of nitrogens with zero attached hydrogens (tertiary/aromatic N) is 2. The van der Waals surface area contributed by atoms with Crippen molar-refractivity contribution in [2.75, 3.05) is 0 Å². The van der Waals surface area contributed by atoms with Gasteiger partial charge in [0.2, 0.25) is 0 Å². The quantitative estimate of drug-likeness (QED) is 0.179. The maximum Gasteiger partial charge on any atom is 0.0708 e. The van der Waals surface area contributed by atoms with E-state index in [0.29, 0.717) is 0 Å². The fourth-order valence-corrected chi connectivity index (χ4v) is 6.74. The van der Waals surface area contributed by atoms with Crippen molar-refractivity contribution in [2.24, 2.45) is 0 Å². The molecule has 8 rings (SSSR count). The number of rotatable bonds is 7. The summed E-state index contributed by atoms with van der Waals surface area (Å²) in [6.07, 6.45) is 3.72. The van der Waals surface area contributed by atoms with Gasteiger partial charge in [0.05, 0.1) is 11.4 Å². The van der Waals surface area contributed by atoms with Gasteiger partial charge in [0.1, 0.15) is 0 Å². The molecule has 0 amide bonds. The molecule has 0 atom stereocenters. The normalized spacial score (nSPS) is 10.9. The summed E-state index contributed by atoms with van der Waals surface area (Å²) in [6.45, 7) is 0. The number of pyridine rings is 2. The fourth-order valence-electron chi connectivity index (χ4n) is 6.74. The van der Waals surface area contributed by atoms with E-state index in [4.69, 9.17) is 9.97 Å². The van der Waals surface area contributed by atoms with Crippen LogP contribution in [-0.2, 0) is 0 Å². The topological polar surface area (TPSA) is 25.8 Å². The highest BCUT2D eigenvalue weighted by atomic mass is 14.7. The first-order valence-electron chi connectivity index (χ1n) is 16.3. The molecule has 226 valence electrons. The molecule has 0 saturated carbocycles. The number of hydrogen-bond acceptors (Lipinski definition) is 2. The Morgan fingerprint density at radius 2 is 0.375 bits per heavy atom. The van der Waals surface area contributed by atoms with Crippen LogP contribution in [0.2, 0.25) is 0 Å². The fraction of sp³-hybridized carbons (Fsp3) is 0. The molecule has 0 unspecified atom stereocenters. The van der Waals surface area contributed by atoms with Gasteiger partial charge in [0.15, 0.2) is 0 Å². The van der Waals surface area contributed by atoms with E-state index in [1.807, 2.05) is 36.7 Å². The lowest BCUT2D eigenvalue weighted by atomic mass is 9.84.